The van der Waals surface area contributed by atoms with Gasteiger partial charge in [-0.05, 0) is 57.4 Å². The molecule has 1 spiro atoms. The molecular formula is C18H24BrClN2O2. The van der Waals surface area contributed by atoms with E-state index in [1.54, 1.807) is 0 Å². The molecule has 1 heterocycles. The van der Waals surface area contributed by atoms with Crippen LogP contribution in [0.4, 0.5) is 4.79 Å². The molecule has 1 aliphatic carbocycles. The van der Waals surface area contributed by atoms with Gasteiger partial charge < -0.3 is 4.74 Å². The molecule has 2 aliphatic rings. The molecule has 1 aromatic carbocycles. The maximum Gasteiger partial charge on any atom is 0.410 e. The highest BCUT2D eigenvalue weighted by Gasteiger charge is 2.54. The van der Waals surface area contributed by atoms with Crippen molar-refractivity contribution in [2.75, 3.05) is 19.6 Å². The molecule has 0 unspecified atom stereocenters. The number of ether oxygens (including phenoxy) is 1. The zero-order chi connectivity index (χ0) is 17.5. The summed E-state index contributed by atoms with van der Waals surface area (Å²) in [4.78, 5) is 16.8. The highest BCUT2D eigenvalue weighted by Crippen LogP contribution is 2.45. The molecule has 24 heavy (non-hydrogen) atoms. The Balaban J connectivity index is 1.66. The number of hydrogen-bond acceptors (Lipinski definition) is 3. The van der Waals surface area contributed by atoms with Crippen molar-refractivity contribution in [3.05, 3.63) is 33.3 Å². The molecule has 1 saturated carbocycles. The van der Waals surface area contributed by atoms with E-state index >= 15 is 0 Å². The lowest BCUT2D eigenvalue weighted by Crippen LogP contribution is -2.57. The number of piperazine rings is 1. The van der Waals surface area contributed by atoms with Crippen LogP contribution in [0.1, 0.15) is 39.2 Å². The monoisotopic (exact) mass is 414 g/mol. The van der Waals surface area contributed by atoms with Crippen molar-refractivity contribution < 1.29 is 9.53 Å². The minimum atomic E-state index is -0.450. The number of carbonyl (C=O) groups is 1. The normalized spacial score (nSPS) is 20.3. The summed E-state index contributed by atoms with van der Waals surface area (Å²) in [6.45, 7) is 8.98. The molecule has 0 atom stereocenters. The smallest absolute Gasteiger partial charge is 0.410 e. The van der Waals surface area contributed by atoms with E-state index < -0.39 is 5.60 Å². The van der Waals surface area contributed by atoms with Crippen LogP contribution in [0.25, 0.3) is 0 Å². The van der Waals surface area contributed by atoms with Crippen molar-refractivity contribution in [1.29, 1.82) is 0 Å². The van der Waals surface area contributed by atoms with E-state index in [1.165, 1.54) is 0 Å². The summed E-state index contributed by atoms with van der Waals surface area (Å²) < 4.78 is 6.62. The molecule has 0 radical (unpaired) electrons. The predicted molar refractivity (Wildman–Crippen MR) is 99.3 cm³/mol. The lowest BCUT2D eigenvalue weighted by molar-refractivity contribution is -0.00808. The lowest BCUT2D eigenvalue weighted by Gasteiger charge is -2.42. The first-order chi connectivity index (χ1) is 11.2. The Kier molecular flexibility index (Phi) is 4.89. The van der Waals surface area contributed by atoms with Crippen LogP contribution in [0.2, 0.25) is 5.02 Å². The number of carbonyl (C=O) groups excluding carboxylic acids is 1. The van der Waals surface area contributed by atoms with Gasteiger partial charge in [0.1, 0.15) is 5.60 Å². The summed E-state index contributed by atoms with van der Waals surface area (Å²) in [5.74, 6) is 0. The molecule has 0 aromatic heterocycles. The summed E-state index contributed by atoms with van der Waals surface area (Å²) in [7, 11) is 0. The largest absolute Gasteiger partial charge is 0.444 e. The van der Waals surface area contributed by atoms with Crippen LogP contribution < -0.4 is 0 Å². The Hall–Kier alpha value is -0.780. The molecule has 1 aromatic rings. The van der Waals surface area contributed by atoms with E-state index in [1.807, 2.05) is 37.8 Å². The van der Waals surface area contributed by atoms with Crippen molar-refractivity contribution in [3.63, 3.8) is 0 Å². The fourth-order valence-electron chi connectivity index (χ4n) is 3.27. The zero-order valence-corrected chi connectivity index (χ0v) is 16.8. The molecular weight excluding hydrogens is 392 g/mol. The van der Waals surface area contributed by atoms with E-state index in [-0.39, 0.29) is 11.6 Å². The summed E-state index contributed by atoms with van der Waals surface area (Å²) in [6.07, 6.45) is 1.92. The Labute approximate surface area is 157 Å². The molecule has 132 valence electrons. The van der Waals surface area contributed by atoms with Crippen LogP contribution in [0, 0.1) is 0 Å². The first-order valence-electron chi connectivity index (χ1n) is 8.35. The van der Waals surface area contributed by atoms with Crippen LogP contribution in [0.15, 0.2) is 22.7 Å². The standard InChI is InChI=1S/C18H24BrClN2O2/c1-17(2,3)24-16(23)22-9-8-21(12-18(22)6-7-18)11-13-10-14(19)4-5-15(13)20/h4-5,10H,6-9,11-12H2,1-3H3. The van der Waals surface area contributed by atoms with Crippen LogP contribution >= 0.6 is 27.5 Å². The molecule has 0 N–H and O–H groups in total. The lowest BCUT2D eigenvalue weighted by atomic mass is 10.1. The topological polar surface area (TPSA) is 32.8 Å². The fraction of sp³-hybridized carbons (Fsp3) is 0.611. The summed E-state index contributed by atoms with van der Waals surface area (Å²) in [5.41, 5.74) is 0.625. The third kappa shape index (κ3) is 4.06. The molecule has 4 nitrogen and oxygen atoms in total. The van der Waals surface area contributed by atoms with Gasteiger partial charge in [0.25, 0.3) is 0 Å². The number of nitrogens with zero attached hydrogens (tertiary/aromatic N) is 2. The Morgan fingerprint density at radius 3 is 2.67 bits per heavy atom. The van der Waals surface area contributed by atoms with Gasteiger partial charge in [-0.2, -0.15) is 0 Å². The second-order valence-corrected chi connectivity index (χ2v) is 9.13. The first kappa shape index (κ1) is 18.0. The summed E-state index contributed by atoms with van der Waals surface area (Å²) >= 11 is 9.83. The van der Waals surface area contributed by atoms with Crippen LogP contribution in [-0.2, 0) is 11.3 Å². The number of amides is 1. The summed E-state index contributed by atoms with van der Waals surface area (Å²) in [5, 5.41) is 0.789. The quantitative estimate of drug-likeness (QED) is 0.702. The van der Waals surface area contributed by atoms with E-state index in [0.29, 0.717) is 6.54 Å². The third-order valence-corrected chi connectivity index (χ3v) is 5.44. The highest BCUT2D eigenvalue weighted by molar-refractivity contribution is 9.10. The van der Waals surface area contributed by atoms with E-state index in [4.69, 9.17) is 16.3 Å². The van der Waals surface area contributed by atoms with Gasteiger partial charge in [0.05, 0.1) is 5.54 Å². The van der Waals surface area contributed by atoms with Gasteiger partial charge in [0.15, 0.2) is 0 Å². The number of halogens is 2. The Morgan fingerprint density at radius 1 is 1.33 bits per heavy atom. The van der Waals surface area contributed by atoms with E-state index in [0.717, 1.165) is 47.5 Å². The SMILES string of the molecule is CC(C)(C)OC(=O)N1CCN(Cc2cc(Br)ccc2Cl)CC12CC2. The second kappa shape index (κ2) is 6.50. The number of rotatable bonds is 2. The maximum absolute atomic E-state index is 12.5. The van der Waals surface area contributed by atoms with Gasteiger partial charge in [0, 0.05) is 35.7 Å². The number of hydrogen-bond donors (Lipinski definition) is 0. The highest BCUT2D eigenvalue weighted by atomic mass is 79.9. The maximum atomic E-state index is 12.5. The van der Waals surface area contributed by atoms with Crippen molar-refractivity contribution >= 4 is 33.6 Å². The third-order valence-electron chi connectivity index (χ3n) is 4.57. The van der Waals surface area contributed by atoms with Crippen LogP contribution in [0.3, 0.4) is 0 Å². The molecule has 6 heteroatoms. The van der Waals surface area contributed by atoms with E-state index in [2.05, 4.69) is 26.9 Å². The van der Waals surface area contributed by atoms with Gasteiger partial charge in [-0.1, -0.05) is 27.5 Å². The van der Waals surface area contributed by atoms with Crippen molar-refractivity contribution in [2.24, 2.45) is 0 Å². The molecule has 1 aliphatic heterocycles. The zero-order valence-electron chi connectivity index (χ0n) is 14.4. The van der Waals surface area contributed by atoms with Gasteiger partial charge in [-0.15, -0.1) is 0 Å². The van der Waals surface area contributed by atoms with Gasteiger partial charge in [-0.3, -0.25) is 9.80 Å². The van der Waals surface area contributed by atoms with E-state index in [9.17, 15) is 4.79 Å². The second-order valence-electron chi connectivity index (χ2n) is 7.80. The molecule has 2 fully saturated rings. The minimum absolute atomic E-state index is 0.0426. The van der Waals surface area contributed by atoms with Gasteiger partial charge >= 0.3 is 6.09 Å². The van der Waals surface area contributed by atoms with Gasteiger partial charge in [0.2, 0.25) is 0 Å². The van der Waals surface area contributed by atoms with Crippen molar-refractivity contribution in [1.82, 2.24) is 9.80 Å². The summed E-state index contributed by atoms with van der Waals surface area (Å²) in [6, 6.07) is 5.95. The molecule has 0 bridgehead atoms. The van der Waals surface area contributed by atoms with Crippen LogP contribution in [-0.4, -0.2) is 46.7 Å². The average Bonchev–Trinajstić information content (AvgIpc) is 3.20. The molecule has 1 saturated heterocycles. The minimum Gasteiger partial charge on any atom is -0.444 e. The Morgan fingerprint density at radius 2 is 2.04 bits per heavy atom. The van der Waals surface area contributed by atoms with Crippen molar-refractivity contribution in [3.8, 4) is 0 Å². The molecule has 1 amide bonds. The number of benzene rings is 1. The van der Waals surface area contributed by atoms with Crippen molar-refractivity contribution in [2.45, 2.75) is 51.3 Å². The molecule has 3 rings (SSSR count). The fourth-order valence-corrected chi connectivity index (χ4v) is 3.86. The van der Waals surface area contributed by atoms with Crippen LogP contribution in [0.5, 0.6) is 0 Å². The van der Waals surface area contributed by atoms with Gasteiger partial charge in [-0.25, -0.2) is 4.79 Å². The predicted octanol–water partition coefficient (Wildman–Crippen LogP) is 4.69. The average molecular weight is 416 g/mol. The Bertz CT molecular complexity index is 640. The first-order valence-corrected chi connectivity index (χ1v) is 9.53.